The van der Waals surface area contributed by atoms with Crippen LogP contribution in [0.3, 0.4) is 0 Å². The second-order valence-corrected chi connectivity index (χ2v) is 3.49. The van der Waals surface area contributed by atoms with Crippen LogP contribution in [0.25, 0.3) is 0 Å². The number of hydrogen-bond acceptors (Lipinski definition) is 5. The zero-order chi connectivity index (χ0) is 12.1. The molecule has 0 aliphatic carbocycles. The molecule has 2 aromatic rings. The number of aryl methyl sites for hydroxylation is 1. The number of hydrogen-bond donors (Lipinski definition) is 1. The molecule has 17 heavy (non-hydrogen) atoms. The van der Waals surface area contributed by atoms with E-state index in [1.54, 1.807) is 24.5 Å². The van der Waals surface area contributed by atoms with Gasteiger partial charge in [0.05, 0.1) is 23.9 Å². The third-order valence-electron chi connectivity index (χ3n) is 2.17. The van der Waals surface area contributed by atoms with Gasteiger partial charge in [-0.1, -0.05) is 0 Å². The van der Waals surface area contributed by atoms with E-state index in [-0.39, 0.29) is 0 Å². The van der Waals surface area contributed by atoms with Crippen molar-refractivity contribution in [2.45, 2.75) is 13.5 Å². The maximum atomic E-state index is 8.76. The van der Waals surface area contributed by atoms with E-state index in [0.29, 0.717) is 17.9 Å². The van der Waals surface area contributed by atoms with E-state index >= 15 is 0 Å². The smallest absolute Gasteiger partial charge is 0.127 e. The number of pyridine rings is 1. The van der Waals surface area contributed by atoms with E-state index in [2.05, 4.69) is 26.3 Å². The van der Waals surface area contributed by atoms with E-state index in [1.165, 1.54) is 0 Å². The summed E-state index contributed by atoms with van der Waals surface area (Å²) in [7, 11) is 0. The highest BCUT2D eigenvalue weighted by atomic mass is 15.0. The van der Waals surface area contributed by atoms with Crippen molar-refractivity contribution in [3.05, 3.63) is 47.7 Å². The number of nitriles is 1. The lowest BCUT2D eigenvalue weighted by Crippen LogP contribution is -2.04. The zero-order valence-electron chi connectivity index (χ0n) is 9.38. The van der Waals surface area contributed by atoms with Crippen LogP contribution >= 0.6 is 0 Å². The van der Waals surface area contributed by atoms with Crippen molar-refractivity contribution in [2.75, 3.05) is 5.32 Å². The molecule has 0 spiro atoms. The van der Waals surface area contributed by atoms with Crippen LogP contribution in [0.1, 0.15) is 17.1 Å². The summed E-state index contributed by atoms with van der Waals surface area (Å²) in [5, 5.41) is 11.9. The van der Waals surface area contributed by atoms with Gasteiger partial charge in [-0.3, -0.25) is 0 Å². The fourth-order valence-electron chi connectivity index (χ4n) is 1.38. The van der Waals surface area contributed by atoms with Crippen LogP contribution in [-0.2, 0) is 6.54 Å². The molecule has 5 nitrogen and oxygen atoms in total. The van der Waals surface area contributed by atoms with Crippen LogP contribution in [-0.4, -0.2) is 15.0 Å². The molecule has 2 rings (SSSR count). The molecule has 1 N–H and O–H groups in total. The molecule has 0 unspecified atom stereocenters. The Hall–Kier alpha value is -2.48. The first-order chi connectivity index (χ1) is 8.28. The molecule has 0 saturated heterocycles. The van der Waals surface area contributed by atoms with Crippen LogP contribution in [0, 0.1) is 18.3 Å². The van der Waals surface area contributed by atoms with Gasteiger partial charge in [-0.15, -0.1) is 0 Å². The lowest BCUT2D eigenvalue weighted by atomic mass is 10.3. The topological polar surface area (TPSA) is 74.5 Å². The molecule has 84 valence electrons. The van der Waals surface area contributed by atoms with Crippen LogP contribution in [0.5, 0.6) is 0 Å². The fraction of sp³-hybridized carbons (Fsp3) is 0.167. The summed E-state index contributed by atoms with van der Waals surface area (Å²) in [6.07, 6.45) is 3.32. The molecular formula is C12H11N5. The first-order valence-corrected chi connectivity index (χ1v) is 5.16. The Morgan fingerprint density at radius 3 is 2.88 bits per heavy atom. The third kappa shape index (κ3) is 2.98. The minimum atomic E-state index is 0.561. The largest absolute Gasteiger partial charge is 0.364 e. The van der Waals surface area contributed by atoms with Gasteiger partial charge in [0.1, 0.15) is 11.6 Å². The van der Waals surface area contributed by atoms with Crippen LogP contribution in [0.2, 0.25) is 0 Å². The van der Waals surface area contributed by atoms with Gasteiger partial charge in [0.2, 0.25) is 0 Å². The highest BCUT2D eigenvalue weighted by Gasteiger charge is 1.98. The normalized spacial score (nSPS) is 9.65. The van der Waals surface area contributed by atoms with Gasteiger partial charge in [0.15, 0.2) is 0 Å². The van der Waals surface area contributed by atoms with Crippen molar-refractivity contribution in [1.82, 2.24) is 15.0 Å². The minimum Gasteiger partial charge on any atom is -0.364 e. The van der Waals surface area contributed by atoms with E-state index < -0.39 is 0 Å². The summed E-state index contributed by atoms with van der Waals surface area (Å²) in [6, 6.07) is 7.28. The summed E-state index contributed by atoms with van der Waals surface area (Å²) >= 11 is 0. The first-order valence-electron chi connectivity index (χ1n) is 5.16. The molecule has 2 heterocycles. The van der Waals surface area contributed by atoms with E-state index in [4.69, 9.17) is 5.26 Å². The molecule has 0 aliphatic rings. The number of aromatic nitrogens is 3. The Balaban J connectivity index is 2.05. The Labute approximate surface area is 99.2 Å². The van der Waals surface area contributed by atoms with Gasteiger partial charge in [0, 0.05) is 12.4 Å². The van der Waals surface area contributed by atoms with Gasteiger partial charge in [0.25, 0.3) is 0 Å². The number of nitrogens with one attached hydrogen (secondary N) is 1. The van der Waals surface area contributed by atoms with E-state index in [0.717, 1.165) is 11.5 Å². The molecule has 0 bridgehead atoms. The molecule has 0 aromatic carbocycles. The van der Waals surface area contributed by atoms with Crippen molar-refractivity contribution in [2.24, 2.45) is 0 Å². The van der Waals surface area contributed by atoms with Gasteiger partial charge in [-0.05, 0) is 25.1 Å². The average molecular weight is 225 g/mol. The summed E-state index contributed by atoms with van der Waals surface area (Å²) in [4.78, 5) is 12.4. The van der Waals surface area contributed by atoms with Crippen LogP contribution < -0.4 is 5.32 Å². The third-order valence-corrected chi connectivity index (χ3v) is 2.17. The van der Waals surface area contributed by atoms with Crippen molar-refractivity contribution in [3.8, 4) is 6.07 Å². The maximum absolute atomic E-state index is 8.76. The minimum absolute atomic E-state index is 0.561. The summed E-state index contributed by atoms with van der Waals surface area (Å²) in [6.45, 7) is 2.41. The average Bonchev–Trinajstić information content (AvgIpc) is 2.37. The molecular weight excluding hydrogens is 214 g/mol. The predicted molar refractivity (Wildman–Crippen MR) is 63.0 cm³/mol. The summed E-state index contributed by atoms with van der Waals surface area (Å²) in [5.74, 6) is 1.41. The molecule has 0 atom stereocenters. The number of anilines is 1. The van der Waals surface area contributed by atoms with Crippen LogP contribution in [0.4, 0.5) is 5.82 Å². The van der Waals surface area contributed by atoms with Gasteiger partial charge >= 0.3 is 0 Å². The quantitative estimate of drug-likeness (QED) is 0.859. The second-order valence-electron chi connectivity index (χ2n) is 3.49. The number of nitrogens with zero attached hydrogens (tertiary/aromatic N) is 4. The van der Waals surface area contributed by atoms with E-state index in [9.17, 15) is 0 Å². The Morgan fingerprint density at radius 2 is 2.12 bits per heavy atom. The second kappa shape index (κ2) is 5.03. The monoisotopic (exact) mass is 225 g/mol. The predicted octanol–water partition coefficient (Wildman–Crippen LogP) is 1.66. The molecule has 5 heteroatoms. The lowest BCUT2D eigenvalue weighted by Gasteiger charge is -2.05. The SMILES string of the molecule is Cc1nccc(CNc2cc(C#N)ccn2)n1. The summed E-state index contributed by atoms with van der Waals surface area (Å²) in [5.41, 5.74) is 1.48. The first kappa shape index (κ1) is 11.0. The molecule has 0 saturated carbocycles. The highest BCUT2D eigenvalue weighted by Crippen LogP contribution is 2.07. The Morgan fingerprint density at radius 1 is 1.29 bits per heavy atom. The molecule has 0 radical (unpaired) electrons. The fourth-order valence-corrected chi connectivity index (χ4v) is 1.38. The van der Waals surface area contributed by atoms with Gasteiger partial charge in [-0.2, -0.15) is 5.26 Å². The van der Waals surface area contributed by atoms with Gasteiger partial charge in [-0.25, -0.2) is 15.0 Å². The lowest BCUT2D eigenvalue weighted by molar-refractivity contribution is 0.950. The Bertz CT molecular complexity index is 559. The molecule has 2 aromatic heterocycles. The maximum Gasteiger partial charge on any atom is 0.127 e. The van der Waals surface area contributed by atoms with Crippen molar-refractivity contribution in [1.29, 1.82) is 5.26 Å². The summed E-state index contributed by atoms with van der Waals surface area (Å²) < 4.78 is 0. The van der Waals surface area contributed by atoms with Crippen molar-refractivity contribution in [3.63, 3.8) is 0 Å². The van der Waals surface area contributed by atoms with E-state index in [1.807, 2.05) is 13.0 Å². The molecule has 0 fully saturated rings. The standard InChI is InChI=1S/C12H11N5/c1-9-14-5-3-11(17-9)8-16-12-6-10(7-13)2-4-15-12/h2-6H,8H2,1H3,(H,15,16). The van der Waals surface area contributed by atoms with Gasteiger partial charge < -0.3 is 5.32 Å². The number of rotatable bonds is 3. The van der Waals surface area contributed by atoms with Crippen molar-refractivity contribution < 1.29 is 0 Å². The van der Waals surface area contributed by atoms with Crippen LogP contribution in [0.15, 0.2) is 30.6 Å². The Kier molecular flexibility index (Phi) is 3.26. The highest BCUT2D eigenvalue weighted by molar-refractivity contribution is 5.42. The zero-order valence-corrected chi connectivity index (χ0v) is 9.38. The molecule has 0 amide bonds. The molecule has 0 aliphatic heterocycles. The van der Waals surface area contributed by atoms with Crippen molar-refractivity contribution >= 4 is 5.82 Å².